The molecule has 1 saturated heterocycles. The van der Waals surface area contributed by atoms with Crippen LogP contribution < -0.4 is 20.9 Å². The number of nitrogens with zero attached hydrogens (tertiary/aromatic N) is 2. The Morgan fingerprint density at radius 2 is 1.65 bits per heavy atom. The van der Waals surface area contributed by atoms with Gasteiger partial charge in [-0.05, 0) is 75.3 Å². The largest absolute Gasteiger partial charge is 0.456 e. The van der Waals surface area contributed by atoms with E-state index in [0.717, 1.165) is 38.3 Å². The molecule has 1 atom stereocenters. The van der Waals surface area contributed by atoms with E-state index in [1.54, 1.807) is 0 Å². The lowest BCUT2D eigenvalue weighted by Crippen LogP contribution is -2.40. The number of sulfone groups is 1. The molecule has 2 aromatic carbocycles. The number of likely N-dealkylation sites (tertiary alicyclic amines) is 1. The summed E-state index contributed by atoms with van der Waals surface area (Å²) < 4.78 is 58.4. The van der Waals surface area contributed by atoms with Crippen molar-refractivity contribution < 1.29 is 26.4 Å². The van der Waals surface area contributed by atoms with Gasteiger partial charge < -0.3 is 21.1 Å². The number of sulfonamides is 1. The van der Waals surface area contributed by atoms with Crippen LogP contribution in [-0.2, 0) is 19.9 Å². The van der Waals surface area contributed by atoms with E-state index in [2.05, 4.69) is 14.6 Å². The third kappa shape index (κ3) is 9.13. The second-order valence-electron chi connectivity index (χ2n) is 8.38. The van der Waals surface area contributed by atoms with Crippen LogP contribution >= 0.6 is 24.8 Å². The SMILES string of the molecule is CC(CN1CCCC1)NS(=O)(=O)c1ccc(Oc2ccc(C(=O)N=C(N)N)cc2S(C)(=O)=O)cc1.Cl.Cl. The normalized spacial score (nSPS) is 14.6. The van der Waals surface area contributed by atoms with Gasteiger partial charge in [0.05, 0.1) is 4.90 Å². The van der Waals surface area contributed by atoms with Crippen LogP contribution in [0.2, 0.25) is 0 Å². The molecular weight excluding hydrogens is 565 g/mol. The Hall–Kier alpha value is -2.42. The van der Waals surface area contributed by atoms with Gasteiger partial charge in [-0.2, -0.15) is 4.99 Å². The van der Waals surface area contributed by atoms with Gasteiger partial charge in [-0.15, -0.1) is 24.8 Å². The number of ether oxygens (including phenoxy) is 1. The first kappa shape index (κ1) is 32.6. The number of carbonyl (C=O) groups is 1. The number of hydrogen-bond donors (Lipinski definition) is 3. The van der Waals surface area contributed by atoms with Crippen LogP contribution in [-0.4, -0.2) is 65.5 Å². The van der Waals surface area contributed by atoms with Crippen molar-refractivity contribution in [2.45, 2.75) is 35.6 Å². The highest BCUT2D eigenvalue weighted by atomic mass is 35.5. The molecule has 0 bridgehead atoms. The minimum Gasteiger partial charge on any atom is -0.456 e. The predicted molar refractivity (Wildman–Crippen MR) is 146 cm³/mol. The summed E-state index contributed by atoms with van der Waals surface area (Å²) in [5, 5.41) is 0. The van der Waals surface area contributed by atoms with Gasteiger partial charge in [0.2, 0.25) is 10.0 Å². The number of hydrogen-bond acceptors (Lipinski definition) is 7. The fourth-order valence-corrected chi connectivity index (χ4v) is 5.78. The average molecular weight is 597 g/mol. The first-order valence-corrected chi connectivity index (χ1v) is 14.2. The lowest BCUT2D eigenvalue weighted by Gasteiger charge is -2.21. The number of halogens is 2. The molecule has 37 heavy (non-hydrogen) atoms. The Balaban J connectivity index is 0.00000342. The van der Waals surface area contributed by atoms with E-state index < -0.39 is 31.7 Å². The summed E-state index contributed by atoms with van der Waals surface area (Å²) >= 11 is 0. The van der Waals surface area contributed by atoms with Gasteiger partial charge in [0.25, 0.3) is 5.91 Å². The zero-order valence-electron chi connectivity index (χ0n) is 20.3. The molecule has 1 heterocycles. The lowest BCUT2D eigenvalue weighted by atomic mass is 10.2. The van der Waals surface area contributed by atoms with E-state index in [4.69, 9.17) is 16.2 Å². The Labute approximate surface area is 229 Å². The van der Waals surface area contributed by atoms with Gasteiger partial charge in [0.15, 0.2) is 15.8 Å². The first-order valence-electron chi connectivity index (χ1n) is 10.9. The first-order chi connectivity index (χ1) is 16.3. The van der Waals surface area contributed by atoms with Crippen LogP contribution in [0, 0.1) is 0 Å². The molecule has 5 N–H and O–H groups in total. The maximum atomic E-state index is 12.7. The van der Waals surface area contributed by atoms with Crippen molar-refractivity contribution in [1.29, 1.82) is 0 Å². The van der Waals surface area contributed by atoms with E-state index >= 15 is 0 Å². The van der Waals surface area contributed by atoms with Gasteiger partial charge in [0.1, 0.15) is 16.4 Å². The zero-order chi connectivity index (χ0) is 25.8. The van der Waals surface area contributed by atoms with Crippen LogP contribution in [0.15, 0.2) is 57.2 Å². The quantitative estimate of drug-likeness (QED) is 0.289. The average Bonchev–Trinajstić information content (AvgIpc) is 3.25. The van der Waals surface area contributed by atoms with E-state index in [1.807, 2.05) is 6.92 Å². The topological polar surface area (TPSA) is 174 Å². The Bertz CT molecular complexity index is 1330. The van der Waals surface area contributed by atoms with Crippen molar-refractivity contribution in [2.75, 3.05) is 25.9 Å². The number of nitrogens with two attached hydrogens (primary N) is 2. The van der Waals surface area contributed by atoms with Gasteiger partial charge in [-0.1, -0.05) is 0 Å². The minimum absolute atomic E-state index is 0. The summed E-state index contributed by atoms with van der Waals surface area (Å²) in [6.45, 7) is 4.39. The van der Waals surface area contributed by atoms with Crippen molar-refractivity contribution in [2.24, 2.45) is 16.5 Å². The third-order valence-corrected chi connectivity index (χ3v) is 7.99. The fourth-order valence-electron chi connectivity index (χ4n) is 3.73. The molecule has 2 aromatic rings. The minimum atomic E-state index is -3.79. The maximum absolute atomic E-state index is 12.7. The number of guanidine groups is 1. The van der Waals surface area contributed by atoms with Crippen molar-refractivity contribution in [3.05, 3.63) is 48.0 Å². The van der Waals surface area contributed by atoms with Crippen molar-refractivity contribution in [3.8, 4) is 11.5 Å². The molecule has 11 nitrogen and oxygen atoms in total. The summed E-state index contributed by atoms with van der Waals surface area (Å²) in [5.74, 6) is -1.09. The van der Waals surface area contributed by atoms with E-state index in [9.17, 15) is 21.6 Å². The highest BCUT2D eigenvalue weighted by Gasteiger charge is 2.22. The highest BCUT2D eigenvalue weighted by Crippen LogP contribution is 2.30. The highest BCUT2D eigenvalue weighted by molar-refractivity contribution is 7.90. The molecule has 0 aliphatic carbocycles. The number of carbonyl (C=O) groups excluding carboxylic acids is 1. The monoisotopic (exact) mass is 595 g/mol. The summed E-state index contributed by atoms with van der Waals surface area (Å²) in [5.41, 5.74) is 10.4. The maximum Gasteiger partial charge on any atom is 0.280 e. The summed E-state index contributed by atoms with van der Waals surface area (Å²) in [6, 6.07) is 9.07. The van der Waals surface area contributed by atoms with Crippen molar-refractivity contribution in [3.63, 3.8) is 0 Å². The molecular formula is C22H31Cl2N5O6S2. The second-order valence-corrected chi connectivity index (χ2v) is 12.1. The summed E-state index contributed by atoms with van der Waals surface area (Å²) in [4.78, 5) is 17.5. The zero-order valence-corrected chi connectivity index (χ0v) is 23.6. The van der Waals surface area contributed by atoms with E-state index in [0.29, 0.717) is 6.54 Å². The summed E-state index contributed by atoms with van der Waals surface area (Å²) in [6.07, 6.45) is 3.21. The van der Waals surface area contributed by atoms with Gasteiger partial charge in [0, 0.05) is 24.4 Å². The van der Waals surface area contributed by atoms with Crippen LogP contribution in [0.3, 0.4) is 0 Å². The Kier molecular flexibility index (Phi) is 11.8. The van der Waals surface area contributed by atoms with Crippen molar-refractivity contribution in [1.82, 2.24) is 9.62 Å². The molecule has 1 unspecified atom stereocenters. The number of aliphatic imine (C=N–C) groups is 1. The van der Waals surface area contributed by atoms with Crippen LogP contribution in [0.1, 0.15) is 30.1 Å². The molecule has 0 spiro atoms. The van der Waals surface area contributed by atoms with Crippen molar-refractivity contribution >= 4 is 56.5 Å². The number of amides is 1. The molecule has 0 saturated carbocycles. The number of benzene rings is 2. The smallest absolute Gasteiger partial charge is 0.280 e. The van der Waals surface area contributed by atoms with Gasteiger partial charge >= 0.3 is 0 Å². The van der Waals surface area contributed by atoms with Crippen LogP contribution in [0.25, 0.3) is 0 Å². The van der Waals surface area contributed by atoms with E-state index in [-0.39, 0.29) is 57.7 Å². The standard InChI is InChI=1S/C22H29N5O6S2.2ClH/c1-15(14-27-11-3-4-12-27)26-35(31,32)18-8-6-17(7-9-18)33-19-10-5-16(21(28)25-22(23)24)13-20(19)34(2,29)30;;/h5-10,13,15,26H,3-4,11-12,14H2,1-2H3,(H4,23,24,25,28);2*1H. The van der Waals surface area contributed by atoms with Gasteiger partial charge in [-0.3, -0.25) is 4.79 Å². The Morgan fingerprint density at radius 3 is 2.19 bits per heavy atom. The molecule has 3 rings (SSSR count). The van der Waals surface area contributed by atoms with Gasteiger partial charge in [-0.25, -0.2) is 21.6 Å². The number of nitrogens with one attached hydrogen (secondary N) is 1. The fraction of sp³-hybridized carbons (Fsp3) is 0.364. The number of rotatable bonds is 9. The third-order valence-electron chi connectivity index (χ3n) is 5.27. The second kappa shape index (κ2) is 13.4. The van der Waals surface area contributed by atoms with Crippen LogP contribution in [0.4, 0.5) is 0 Å². The Morgan fingerprint density at radius 1 is 1.05 bits per heavy atom. The molecule has 1 amide bonds. The molecule has 206 valence electrons. The summed E-state index contributed by atoms with van der Waals surface area (Å²) in [7, 11) is -7.54. The molecule has 1 fully saturated rings. The van der Waals surface area contributed by atoms with E-state index in [1.165, 1.54) is 36.4 Å². The molecule has 15 heteroatoms. The molecule has 0 radical (unpaired) electrons. The predicted octanol–water partition coefficient (Wildman–Crippen LogP) is 1.90. The molecule has 1 aliphatic rings. The molecule has 1 aliphatic heterocycles. The molecule has 0 aromatic heterocycles. The lowest BCUT2D eigenvalue weighted by molar-refractivity contribution is 0.100. The van der Waals surface area contributed by atoms with Crippen LogP contribution in [0.5, 0.6) is 11.5 Å².